The average Bonchev–Trinajstić information content (AvgIpc) is 3.25. The summed E-state index contributed by atoms with van der Waals surface area (Å²) in [4.78, 5) is -0.00779. The highest BCUT2D eigenvalue weighted by Gasteiger charge is 2.46. The first-order chi connectivity index (χ1) is 15.7. The fourth-order valence-corrected chi connectivity index (χ4v) is 4.84. The van der Waals surface area contributed by atoms with E-state index in [9.17, 15) is 32.9 Å². The Labute approximate surface area is 193 Å². The molecule has 1 fully saturated rings. The van der Waals surface area contributed by atoms with Crippen molar-refractivity contribution in [1.82, 2.24) is 15.0 Å². The topological polar surface area (TPSA) is 101 Å². The van der Waals surface area contributed by atoms with Crippen LogP contribution in [-0.4, -0.2) is 60.7 Å². The van der Waals surface area contributed by atoms with Crippen molar-refractivity contribution in [2.24, 2.45) is 0 Å². The number of rotatable bonds is 5. The molecule has 176 valence electrons. The van der Waals surface area contributed by atoms with Crippen molar-refractivity contribution in [3.63, 3.8) is 0 Å². The molecule has 1 aliphatic heterocycles. The van der Waals surface area contributed by atoms with Crippen LogP contribution in [0.15, 0.2) is 41.4 Å². The lowest BCUT2D eigenvalue weighted by molar-refractivity contribution is -0.178. The summed E-state index contributed by atoms with van der Waals surface area (Å²) in [7, 11) is 0. The second-order valence-electron chi connectivity index (χ2n) is 7.20. The number of nitrogens with zero attached hydrogens (tertiary/aromatic N) is 3. The van der Waals surface area contributed by atoms with Gasteiger partial charge in [-0.1, -0.05) is 34.6 Å². The summed E-state index contributed by atoms with van der Waals surface area (Å²) in [5, 5.41) is 38.8. The Bertz CT molecular complexity index is 1130. The standard InChI is InChI=1S/C20H16ClF4N3O4S/c21-9-2-1-3-10(22)19(9)33-20-18(31)16(17(30)14(7-29)32-20)28-6-13(26-27-28)8-4-11(23)15(25)12(24)5-8/h1-6,14,16-18,20,29-31H,7H2/t14-,16+,17+,18-,20-/m1/s1. The van der Waals surface area contributed by atoms with E-state index in [-0.39, 0.29) is 21.2 Å². The Kier molecular flexibility index (Phi) is 6.93. The van der Waals surface area contributed by atoms with Crippen LogP contribution in [0.5, 0.6) is 0 Å². The first-order valence-corrected chi connectivity index (χ1v) is 10.8. The predicted molar refractivity (Wildman–Crippen MR) is 109 cm³/mol. The summed E-state index contributed by atoms with van der Waals surface area (Å²) in [6, 6.07) is 4.22. The fraction of sp³-hybridized carbons (Fsp3) is 0.300. The molecule has 0 aliphatic carbocycles. The zero-order chi connectivity index (χ0) is 23.9. The van der Waals surface area contributed by atoms with Crippen LogP contribution in [0.25, 0.3) is 11.3 Å². The largest absolute Gasteiger partial charge is 0.394 e. The molecule has 1 saturated heterocycles. The second-order valence-corrected chi connectivity index (χ2v) is 8.72. The molecule has 0 radical (unpaired) electrons. The molecule has 0 amide bonds. The normalized spacial score (nSPS) is 25.4. The second kappa shape index (κ2) is 9.57. The number of ether oxygens (including phenoxy) is 1. The van der Waals surface area contributed by atoms with Gasteiger partial charge in [0.15, 0.2) is 17.5 Å². The number of benzene rings is 2. The molecule has 4 rings (SSSR count). The number of aromatic nitrogens is 3. The molecule has 13 heteroatoms. The highest BCUT2D eigenvalue weighted by molar-refractivity contribution is 8.00. The van der Waals surface area contributed by atoms with Gasteiger partial charge in [0.1, 0.15) is 41.3 Å². The van der Waals surface area contributed by atoms with E-state index >= 15 is 0 Å². The van der Waals surface area contributed by atoms with Crippen molar-refractivity contribution in [3.05, 3.63) is 64.8 Å². The highest BCUT2D eigenvalue weighted by Crippen LogP contribution is 2.41. The SMILES string of the molecule is OC[C@H]1O[C@H](Sc2c(F)cccc2Cl)[C@H](O)[C@@H](n2cc(-c3cc(F)c(F)c(F)c3)nn2)[C@H]1O. The Morgan fingerprint density at radius 3 is 2.39 bits per heavy atom. The lowest BCUT2D eigenvalue weighted by Gasteiger charge is -2.41. The molecule has 3 N–H and O–H groups in total. The van der Waals surface area contributed by atoms with E-state index in [1.165, 1.54) is 24.4 Å². The van der Waals surface area contributed by atoms with Gasteiger partial charge in [0, 0.05) is 5.56 Å². The van der Waals surface area contributed by atoms with Crippen LogP contribution in [0.1, 0.15) is 6.04 Å². The van der Waals surface area contributed by atoms with Gasteiger partial charge in [-0.25, -0.2) is 22.2 Å². The molecule has 0 spiro atoms. The van der Waals surface area contributed by atoms with Crippen molar-refractivity contribution < 1.29 is 37.6 Å². The number of thioether (sulfide) groups is 1. The number of halogens is 5. The third kappa shape index (κ3) is 4.59. The van der Waals surface area contributed by atoms with E-state index < -0.39 is 59.7 Å². The maximum absolute atomic E-state index is 14.2. The smallest absolute Gasteiger partial charge is 0.194 e. The molecule has 2 aromatic carbocycles. The van der Waals surface area contributed by atoms with Gasteiger partial charge in [0.25, 0.3) is 0 Å². The third-order valence-electron chi connectivity index (χ3n) is 5.10. The quantitative estimate of drug-likeness (QED) is 0.362. The maximum atomic E-state index is 14.2. The van der Waals surface area contributed by atoms with Crippen molar-refractivity contribution in [2.45, 2.75) is 34.7 Å². The van der Waals surface area contributed by atoms with Gasteiger partial charge < -0.3 is 20.1 Å². The minimum Gasteiger partial charge on any atom is -0.394 e. The van der Waals surface area contributed by atoms with Gasteiger partial charge in [-0.3, -0.25) is 0 Å². The zero-order valence-electron chi connectivity index (χ0n) is 16.4. The fourth-order valence-electron chi connectivity index (χ4n) is 3.45. The summed E-state index contributed by atoms with van der Waals surface area (Å²) in [5.41, 5.74) is -1.38. The minimum absolute atomic E-state index is 0.00779. The van der Waals surface area contributed by atoms with E-state index in [0.29, 0.717) is 0 Å². The van der Waals surface area contributed by atoms with E-state index in [2.05, 4.69) is 10.3 Å². The van der Waals surface area contributed by atoms with Gasteiger partial charge in [-0.2, -0.15) is 0 Å². The minimum atomic E-state index is -1.64. The van der Waals surface area contributed by atoms with Crippen LogP contribution in [0.4, 0.5) is 17.6 Å². The van der Waals surface area contributed by atoms with Gasteiger partial charge in [0.2, 0.25) is 0 Å². The maximum Gasteiger partial charge on any atom is 0.194 e. The Hall–Kier alpha value is -2.22. The summed E-state index contributed by atoms with van der Waals surface area (Å²) >= 11 is 6.79. The van der Waals surface area contributed by atoms with Gasteiger partial charge in [-0.15, -0.1) is 5.10 Å². The third-order valence-corrected chi connectivity index (χ3v) is 6.80. The summed E-state index contributed by atoms with van der Waals surface area (Å²) in [5.74, 6) is -5.15. The van der Waals surface area contributed by atoms with Crippen molar-refractivity contribution >= 4 is 23.4 Å². The molecule has 1 aromatic heterocycles. The van der Waals surface area contributed by atoms with Crippen LogP contribution in [0.2, 0.25) is 5.02 Å². The molecule has 0 bridgehead atoms. The van der Waals surface area contributed by atoms with Gasteiger partial charge in [0.05, 0.1) is 22.7 Å². The lowest BCUT2D eigenvalue weighted by atomic mass is 9.97. The van der Waals surface area contributed by atoms with Crippen LogP contribution in [0.3, 0.4) is 0 Å². The Morgan fingerprint density at radius 2 is 1.76 bits per heavy atom. The van der Waals surface area contributed by atoms with Gasteiger partial charge >= 0.3 is 0 Å². The van der Waals surface area contributed by atoms with E-state index in [1.807, 2.05) is 0 Å². The number of aliphatic hydroxyl groups excluding tert-OH is 3. The molecular formula is C20H16ClF4N3O4S. The first-order valence-electron chi connectivity index (χ1n) is 9.51. The first kappa shape index (κ1) is 23.9. The van der Waals surface area contributed by atoms with Gasteiger partial charge in [-0.05, 0) is 24.3 Å². The summed E-state index contributed by atoms with van der Waals surface area (Å²) in [6.45, 7) is -0.637. The molecule has 3 aromatic rings. The summed E-state index contributed by atoms with van der Waals surface area (Å²) in [6.07, 6.45) is -2.98. The molecule has 1 aliphatic rings. The lowest BCUT2D eigenvalue weighted by Crippen LogP contribution is -2.55. The molecule has 0 saturated carbocycles. The Balaban J connectivity index is 1.66. The molecule has 2 heterocycles. The zero-order valence-corrected chi connectivity index (χ0v) is 18.0. The molecule has 5 atom stereocenters. The van der Waals surface area contributed by atoms with E-state index in [4.69, 9.17) is 16.3 Å². The van der Waals surface area contributed by atoms with Crippen LogP contribution in [0, 0.1) is 23.3 Å². The number of aliphatic hydroxyl groups is 3. The highest BCUT2D eigenvalue weighted by atomic mass is 35.5. The average molecular weight is 506 g/mol. The predicted octanol–water partition coefficient (Wildman–Crippen LogP) is 2.93. The van der Waals surface area contributed by atoms with E-state index in [1.54, 1.807) is 0 Å². The van der Waals surface area contributed by atoms with Crippen LogP contribution >= 0.6 is 23.4 Å². The molecule has 33 heavy (non-hydrogen) atoms. The van der Waals surface area contributed by atoms with Crippen LogP contribution in [-0.2, 0) is 4.74 Å². The van der Waals surface area contributed by atoms with Crippen LogP contribution < -0.4 is 0 Å². The van der Waals surface area contributed by atoms with E-state index in [0.717, 1.165) is 28.6 Å². The number of hydrogen-bond donors (Lipinski definition) is 3. The summed E-state index contributed by atoms with van der Waals surface area (Å²) < 4.78 is 61.3. The number of hydrogen-bond acceptors (Lipinski definition) is 7. The Morgan fingerprint density at radius 1 is 1.06 bits per heavy atom. The van der Waals surface area contributed by atoms with Crippen molar-refractivity contribution in [3.8, 4) is 11.3 Å². The van der Waals surface area contributed by atoms with Crippen molar-refractivity contribution in [2.75, 3.05) is 6.61 Å². The monoisotopic (exact) mass is 505 g/mol. The molecule has 7 nitrogen and oxygen atoms in total. The van der Waals surface area contributed by atoms with Crippen molar-refractivity contribution in [1.29, 1.82) is 0 Å². The molecular weight excluding hydrogens is 490 g/mol. The molecule has 0 unspecified atom stereocenters.